The minimum Gasteiger partial charge on any atom is -0.495 e. The van der Waals surface area contributed by atoms with Gasteiger partial charge in [0.05, 0.1) is 24.3 Å². The lowest BCUT2D eigenvalue weighted by molar-refractivity contribution is -0.111. The number of amides is 1. The fraction of sp³-hybridized carbons (Fsp3) is 0.241. The van der Waals surface area contributed by atoms with Crippen molar-refractivity contribution in [3.63, 3.8) is 0 Å². The molecule has 0 atom stereocenters. The van der Waals surface area contributed by atoms with E-state index >= 15 is 0 Å². The number of hydrogen-bond donors (Lipinski definition) is 3. The zero-order chi connectivity index (χ0) is 28.5. The molecule has 8 nitrogen and oxygen atoms in total. The molecule has 0 unspecified atom stereocenters. The lowest BCUT2D eigenvalue weighted by Gasteiger charge is -2.23. The third-order valence-corrected chi connectivity index (χ3v) is 6.71. The predicted octanol–water partition coefficient (Wildman–Crippen LogP) is 6.49. The van der Waals surface area contributed by atoms with E-state index in [0.717, 1.165) is 30.7 Å². The monoisotopic (exact) mass is 567 g/mol. The maximum Gasteiger partial charge on any atom is 0.247 e. The van der Waals surface area contributed by atoms with Crippen molar-refractivity contribution in [2.24, 2.45) is 9.98 Å². The predicted molar refractivity (Wildman–Crippen MR) is 161 cm³/mol. The second-order valence-corrected chi connectivity index (χ2v) is 9.41. The maximum absolute atomic E-state index is 11.4. The Hall–Kier alpha value is -3.88. The Morgan fingerprint density at radius 2 is 1.79 bits per heavy atom. The molecule has 1 aliphatic heterocycles. The van der Waals surface area contributed by atoms with E-state index in [1.165, 1.54) is 25.9 Å². The number of benzene rings is 2. The summed E-state index contributed by atoms with van der Waals surface area (Å²) in [6.45, 7) is 9.49. The highest BCUT2D eigenvalue weighted by Gasteiger charge is 2.26. The number of nitrogens with zero attached hydrogens (tertiary/aromatic N) is 2. The van der Waals surface area contributed by atoms with Gasteiger partial charge in [0, 0.05) is 34.2 Å². The van der Waals surface area contributed by atoms with Crippen molar-refractivity contribution in [2.75, 3.05) is 26.2 Å². The molecule has 1 heterocycles. The summed E-state index contributed by atoms with van der Waals surface area (Å²) in [5.74, 6) is 1.07. The first kappa shape index (κ1) is 29.7. The molecule has 0 radical (unpaired) electrons. The highest BCUT2D eigenvalue weighted by atomic mass is 35.5. The van der Waals surface area contributed by atoms with Crippen molar-refractivity contribution in [1.82, 2.24) is 5.32 Å². The number of rotatable bonds is 11. The van der Waals surface area contributed by atoms with Gasteiger partial charge >= 0.3 is 0 Å². The summed E-state index contributed by atoms with van der Waals surface area (Å²) in [4.78, 5) is 20.6. The van der Waals surface area contributed by atoms with Gasteiger partial charge < -0.3 is 20.1 Å². The van der Waals surface area contributed by atoms with Crippen LogP contribution in [0.15, 0.2) is 71.2 Å². The van der Waals surface area contributed by atoms with Crippen LogP contribution < -0.4 is 20.1 Å². The third kappa shape index (κ3) is 7.59. The Morgan fingerprint density at radius 1 is 1.15 bits per heavy atom. The lowest BCUT2D eigenvalue weighted by Crippen LogP contribution is -2.35. The molecule has 3 rings (SSSR count). The van der Waals surface area contributed by atoms with Gasteiger partial charge in [0.1, 0.15) is 29.8 Å². The molecule has 39 heavy (non-hydrogen) atoms. The van der Waals surface area contributed by atoms with E-state index in [4.69, 9.17) is 38.1 Å². The average Bonchev–Trinajstić information content (AvgIpc) is 2.92. The smallest absolute Gasteiger partial charge is 0.247 e. The molecule has 0 saturated carbocycles. The number of aliphatic imine (C=N–C) groups is 2. The summed E-state index contributed by atoms with van der Waals surface area (Å²) in [6, 6.07) is 9.34. The van der Waals surface area contributed by atoms with Crippen LogP contribution in [0.2, 0.25) is 10.0 Å². The van der Waals surface area contributed by atoms with E-state index in [-0.39, 0.29) is 18.4 Å². The quantitative estimate of drug-likeness (QED) is 0.213. The van der Waals surface area contributed by atoms with Gasteiger partial charge in [-0.2, -0.15) is 0 Å². The molecule has 0 aromatic heterocycles. The molecule has 0 bridgehead atoms. The number of carbonyl (C=O) groups is 1. The van der Waals surface area contributed by atoms with Gasteiger partial charge in [-0.25, -0.2) is 4.99 Å². The van der Waals surface area contributed by atoms with Gasteiger partial charge in [-0.05, 0) is 56.0 Å². The van der Waals surface area contributed by atoms with Crippen LogP contribution in [0.4, 0.5) is 5.69 Å². The summed E-state index contributed by atoms with van der Waals surface area (Å²) in [5.41, 5.74) is 4.33. The van der Waals surface area contributed by atoms with Crippen molar-refractivity contribution in [1.29, 1.82) is 5.41 Å². The number of aryl methyl sites for hydroxylation is 1. The van der Waals surface area contributed by atoms with Gasteiger partial charge in [0.15, 0.2) is 0 Å². The fourth-order valence-corrected chi connectivity index (χ4v) is 4.52. The Morgan fingerprint density at radius 3 is 2.38 bits per heavy atom. The summed E-state index contributed by atoms with van der Waals surface area (Å²) in [7, 11) is 3.01. The van der Waals surface area contributed by atoms with Crippen LogP contribution in [0, 0.1) is 5.41 Å². The van der Waals surface area contributed by atoms with Crippen molar-refractivity contribution in [3.8, 4) is 11.5 Å². The first-order valence-corrected chi connectivity index (χ1v) is 12.9. The van der Waals surface area contributed by atoms with Crippen molar-refractivity contribution in [3.05, 3.63) is 82.4 Å². The first-order valence-electron chi connectivity index (χ1n) is 12.1. The maximum atomic E-state index is 11.4. The van der Waals surface area contributed by atoms with Crippen LogP contribution in [0.3, 0.4) is 0 Å². The molecule has 0 saturated heterocycles. The average molecular weight is 569 g/mol. The molecule has 3 N–H and O–H groups in total. The minimum absolute atomic E-state index is 0.121. The van der Waals surface area contributed by atoms with Crippen LogP contribution in [-0.4, -0.2) is 44.2 Å². The largest absolute Gasteiger partial charge is 0.495 e. The number of halogens is 2. The molecule has 0 aliphatic carbocycles. The van der Waals surface area contributed by atoms with Crippen LogP contribution in [0.1, 0.15) is 30.9 Å². The number of nitrogens with one attached hydrogen (secondary N) is 3. The molecule has 0 fully saturated rings. The highest BCUT2D eigenvalue weighted by Crippen LogP contribution is 2.44. The van der Waals surface area contributed by atoms with Crippen molar-refractivity contribution in [2.45, 2.75) is 26.2 Å². The van der Waals surface area contributed by atoms with Crippen LogP contribution in [-0.2, 0) is 11.2 Å². The summed E-state index contributed by atoms with van der Waals surface area (Å²) >= 11 is 13.3. The molecule has 0 spiro atoms. The standard InChI is InChI=1S/C29H31Cl2N5O3/c1-6-24(37)35-20-12-10-19(11-13-20)9-7-8-18(3)33-16-34-29-21(14-17(2)28(32)36-29)25-26(30)22(38-4)15-23(39-5)27(25)31/h6,10-15H,1-2,7-9,16H2,3-5H3,(H,35,37)(H2,32,34,36)/b33-18-. The van der Waals surface area contributed by atoms with E-state index in [0.29, 0.717) is 44.1 Å². The molecule has 204 valence electrons. The Bertz CT molecular complexity index is 1350. The van der Waals surface area contributed by atoms with E-state index in [1.807, 2.05) is 31.2 Å². The number of methoxy groups -OCH3 is 2. The second-order valence-electron chi connectivity index (χ2n) is 8.65. The van der Waals surface area contributed by atoms with Crippen LogP contribution >= 0.6 is 23.2 Å². The van der Waals surface area contributed by atoms with Gasteiger partial charge in [0.25, 0.3) is 0 Å². The van der Waals surface area contributed by atoms with Crippen LogP contribution in [0.5, 0.6) is 11.5 Å². The molecule has 2 aromatic rings. The van der Waals surface area contributed by atoms with Gasteiger partial charge in [0.2, 0.25) is 5.91 Å². The topological polar surface area (TPSA) is 108 Å². The first-order chi connectivity index (χ1) is 18.7. The van der Waals surface area contributed by atoms with Crippen molar-refractivity contribution >= 4 is 57.8 Å². The number of amidine groups is 2. The van der Waals surface area contributed by atoms with Gasteiger partial charge in [-0.3, -0.25) is 15.2 Å². The summed E-state index contributed by atoms with van der Waals surface area (Å²) in [6.07, 6.45) is 5.53. The zero-order valence-electron chi connectivity index (χ0n) is 22.2. The van der Waals surface area contributed by atoms with Crippen LogP contribution in [0.25, 0.3) is 5.57 Å². The Kier molecular flexibility index (Phi) is 10.5. The molecular weight excluding hydrogens is 537 g/mol. The minimum atomic E-state index is -0.236. The summed E-state index contributed by atoms with van der Waals surface area (Å²) in [5, 5.41) is 14.5. The number of hydrogen-bond acceptors (Lipinski definition) is 6. The lowest BCUT2D eigenvalue weighted by atomic mass is 9.97. The second kappa shape index (κ2) is 13.8. The zero-order valence-corrected chi connectivity index (χ0v) is 23.7. The molecular formula is C29H31Cl2N5O3. The van der Waals surface area contributed by atoms with E-state index in [1.54, 1.807) is 12.1 Å². The molecule has 1 aliphatic rings. The summed E-state index contributed by atoms with van der Waals surface area (Å²) < 4.78 is 10.8. The van der Waals surface area contributed by atoms with Crippen molar-refractivity contribution < 1.29 is 14.3 Å². The molecule has 10 heteroatoms. The highest BCUT2D eigenvalue weighted by molar-refractivity contribution is 6.44. The van der Waals surface area contributed by atoms with Gasteiger partial charge in [-0.1, -0.05) is 48.5 Å². The Balaban J connectivity index is 1.71. The fourth-order valence-electron chi connectivity index (χ4n) is 3.82. The molecule has 2 aromatic carbocycles. The number of anilines is 1. The van der Waals surface area contributed by atoms with E-state index in [2.05, 4.69) is 33.8 Å². The van der Waals surface area contributed by atoms with Gasteiger partial charge in [-0.15, -0.1) is 0 Å². The number of ether oxygens (including phenoxy) is 2. The molecule has 1 amide bonds. The SMILES string of the molecule is C=CC(=O)Nc1ccc(CCC/C(C)=N\C/N=C2\NC(=N)C(=C)C=C2c2c(Cl)c(OC)cc(OC)c2Cl)cc1. The third-order valence-electron chi connectivity index (χ3n) is 5.96. The number of carbonyl (C=O) groups excluding carboxylic acids is 1. The normalized spacial score (nSPS) is 14.5. The Labute approximate surface area is 238 Å². The van der Waals surface area contributed by atoms with E-state index < -0.39 is 0 Å². The van der Waals surface area contributed by atoms with E-state index in [9.17, 15) is 4.79 Å².